The maximum absolute atomic E-state index is 12.5. The zero-order chi connectivity index (χ0) is 15.5. The molecule has 0 atom stereocenters. The first-order chi connectivity index (χ1) is 9.94. The predicted molar refractivity (Wildman–Crippen MR) is 81.3 cm³/mol. The van der Waals surface area contributed by atoms with Crippen molar-refractivity contribution in [3.05, 3.63) is 47.0 Å². The summed E-state index contributed by atoms with van der Waals surface area (Å²) in [6.45, 7) is 4.56. The zero-order valence-corrected chi connectivity index (χ0v) is 13.2. The molecule has 0 amide bonds. The van der Waals surface area contributed by atoms with Gasteiger partial charge in [-0.3, -0.25) is 0 Å². The third kappa shape index (κ3) is 3.69. The topological polar surface area (TPSA) is 86.9 Å². The van der Waals surface area contributed by atoms with Gasteiger partial charge in [0.2, 0.25) is 10.0 Å². The number of benzene rings is 1. The Morgan fingerprint density at radius 3 is 2.62 bits per heavy atom. The molecule has 0 unspecified atom stereocenters. The molecule has 7 heteroatoms. The van der Waals surface area contributed by atoms with Crippen LogP contribution in [0.2, 0.25) is 0 Å². The van der Waals surface area contributed by atoms with Crippen LogP contribution in [0.1, 0.15) is 22.4 Å². The second-order valence-corrected chi connectivity index (χ2v) is 6.70. The number of imidazole rings is 1. The van der Waals surface area contributed by atoms with Gasteiger partial charge < -0.3 is 10.3 Å². The fraction of sp³-hybridized carbons (Fsp3) is 0.357. The molecule has 0 aliphatic heterocycles. The zero-order valence-electron chi connectivity index (χ0n) is 12.4. The number of aryl methyl sites for hydroxylation is 1. The van der Waals surface area contributed by atoms with Crippen molar-refractivity contribution in [1.82, 2.24) is 20.0 Å². The van der Waals surface area contributed by atoms with E-state index in [1.54, 1.807) is 12.3 Å². The van der Waals surface area contributed by atoms with Gasteiger partial charge in [0, 0.05) is 18.4 Å². The van der Waals surface area contributed by atoms with Crippen LogP contribution in [-0.4, -0.2) is 25.4 Å². The van der Waals surface area contributed by atoms with Gasteiger partial charge in [-0.05, 0) is 43.7 Å². The average molecular weight is 308 g/mol. The van der Waals surface area contributed by atoms with E-state index in [0.717, 1.165) is 22.4 Å². The number of hydrogen-bond donors (Lipinski definition) is 3. The summed E-state index contributed by atoms with van der Waals surface area (Å²) < 4.78 is 27.6. The maximum atomic E-state index is 12.5. The van der Waals surface area contributed by atoms with Gasteiger partial charge in [0.05, 0.1) is 17.8 Å². The summed E-state index contributed by atoms with van der Waals surface area (Å²) in [6.07, 6.45) is 3.12. The molecule has 0 saturated carbocycles. The Labute approximate surface area is 125 Å². The number of sulfonamides is 1. The summed E-state index contributed by atoms with van der Waals surface area (Å²) >= 11 is 0. The summed E-state index contributed by atoms with van der Waals surface area (Å²) in [6, 6.07) is 3.72. The lowest BCUT2D eigenvalue weighted by Gasteiger charge is -2.13. The standard InChI is InChI=1S/C14H20N4O2S/c1-10-4-12(6-15-3)5-14(11(10)2)21(19,20)18-8-13-7-16-9-17-13/h4-5,7,9,15,18H,6,8H2,1-3H3,(H,16,17). The van der Waals surface area contributed by atoms with E-state index in [1.807, 2.05) is 27.0 Å². The van der Waals surface area contributed by atoms with Crippen LogP contribution in [0.3, 0.4) is 0 Å². The summed E-state index contributed by atoms with van der Waals surface area (Å²) in [4.78, 5) is 7.06. The first-order valence-corrected chi connectivity index (χ1v) is 8.14. The summed E-state index contributed by atoms with van der Waals surface area (Å²) in [5.74, 6) is 0. The van der Waals surface area contributed by atoms with Gasteiger partial charge in [-0.25, -0.2) is 18.1 Å². The van der Waals surface area contributed by atoms with Crippen LogP contribution in [0, 0.1) is 13.8 Å². The molecule has 0 saturated heterocycles. The SMILES string of the molecule is CNCc1cc(C)c(C)c(S(=O)(=O)NCc2cnc[nH]2)c1. The third-order valence-electron chi connectivity index (χ3n) is 3.36. The number of nitrogens with zero attached hydrogens (tertiary/aromatic N) is 1. The van der Waals surface area contributed by atoms with E-state index in [9.17, 15) is 8.42 Å². The minimum atomic E-state index is -3.56. The molecule has 0 radical (unpaired) electrons. The number of aromatic nitrogens is 2. The number of rotatable bonds is 6. The van der Waals surface area contributed by atoms with E-state index in [-0.39, 0.29) is 6.54 Å². The van der Waals surface area contributed by atoms with Crippen molar-refractivity contribution in [3.8, 4) is 0 Å². The van der Waals surface area contributed by atoms with Crippen molar-refractivity contribution < 1.29 is 8.42 Å². The van der Waals surface area contributed by atoms with Crippen molar-refractivity contribution >= 4 is 10.0 Å². The van der Waals surface area contributed by atoms with Crippen molar-refractivity contribution in [2.24, 2.45) is 0 Å². The molecule has 2 aromatic rings. The highest BCUT2D eigenvalue weighted by Crippen LogP contribution is 2.21. The Hall–Kier alpha value is -1.70. The predicted octanol–water partition coefficient (Wildman–Crippen LogP) is 1.22. The molecule has 0 aliphatic carbocycles. The van der Waals surface area contributed by atoms with Gasteiger partial charge in [-0.15, -0.1) is 0 Å². The van der Waals surface area contributed by atoms with Crippen molar-refractivity contribution in [2.45, 2.75) is 31.8 Å². The average Bonchev–Trinajstić information content (AvgIpc) is 2.94. The number of hydrogen-bond acceptors (Lipinski definition) is 4. The molecule has 114 valence electrons. The van der Waals surface area contributed by atoms with E-state index in [2.05, 4.69) is 20.0 Å². The van der Waals surface area contributed by atoms with Crippen molar-refractivity contribution in [1.29, 1.82) is 0 Å². The Balaban J connectivity index is 2.30. The second kappa shape index (κ2) is 6.38. The fourth-order valence-electron chi connectivity index (χ4n) is 2.12. The molecule has 1 aromatic carbocycles. The van der Waals surface area contributed by atoms with Crippen molar-refractivity contribution in [3.63, 3.8) is 0 Å². The Bertz CT molecular complexity index is 709. The Morgan fingerprint density at radius 2 is 2.00 bits per heavy atom. The van der Waals surface area contributed by atoms with Crippen LogP contribution < -0.4 is 10.0 Å². The molecular formula is C14H20N4O2S. The van der Waals surface area contributed by atoms with Gasteiger partial charge >= 0.3 is 0 Å². The van der Waals surface area contributed by atoms with Gasteiger partial charge in [0.15, 0.2) is 0 Å². The molecular weight excluding hydrogens is 288 g/mol. The lowest BCUT2D eigenvalue weighted by atomic mass is 10.1. The van der Waals surface area contributed by atoms with Gasteiger partial charge in [-0.2, -0.15) is 0 Å². The second-order valence-electron chi connectivity index (χ2n) is 4.97. The van der Waals surface area contributed by atoms with Crippen LogP contribution in [0.25, 0.3) is 0 Å². The molecule has 0 fully saturated rings. The quantitative estimate of drug-likeness (QED) is 0.749. The van der Waals surface area contributed by atoms with Crippen LogP contribution in [0.15, 0.2) is 29.6 Å². The van der Waals surface area contributed by atoms with Crippen LogP contribution in [0.4, 0.5) is 0 Å². The Kier molecular flexibility index (Phi) is 4.76. The number of H-pyrrole nitrogens is 1. The number of nitrogens with one attached hydrogen (secondary N) is 3. The highest BCUT2D eigenvalue weighted by Gasteiger charge is 2.18. The molecule has 1 aromatic heterocycles. The van der Waals surface area contributed by atoms with E-state index in [1.165, 1.54) is 6.33 Å². The van der Waals surface area contributed by atoms with Gasteiger partial charge in [0.25, 0.3) is 0 Å². The van der Waals surface area contributed by atoms with Gasteiger partial charge in [-0.1, -0.05) is 6.07 Å². The summed E-state index contributed by atoms with van der Waals surface area (Å²) in [5.41, 5.74) is 3.40. The maximum Gasteiger partial charge on any atom is 0.241 e. The highest BCUT2D eigenvalue weighted by atomic mass is 32.2. The van der Waals surface area contributed by atoms with E-state index in [0.29, 0.717) is 11.4 Å². The first kappa shape index (κ1) is 15.7. The number of aromatic amines is 1. The lowest BCUT2D eigenvalue weighted by Crippen LogP contribution is -2.24. The molecule has 6 nitrogen and oxygen atoms in total. The lowest BCUT2D eigenvalue weighted by molar-refractivity contribution is 0.579. The minimum absolute atomic E-state index is 0.192. The molecule has 0 bridgehead atoms. The highest BCUT2D eigenvalue weighted by molar-refractivity contribution is 7.89. The van der Waals surface area contributed by atoms with E-state index < -0.39 is 10.0 Å². The van der Waals surface area contributed by atoms with Crippen LogP contribution in [-0.2, 0) is 23.1 Å². The summed E-state index contributed by atoms with van der Waals surface area (Å²) in [5, 5.41) is 3.04. The normalized spacial score (nSPS) is 11.8. The van der Waals surface area contributed by atoms with Crippen LogP contribution >= 0.6 is 0 Å². The minimum Gasteiger partial charge on any atom is -0.347 e. The molecule has 2 rings (SSSR count). The first-order valence-electron chi connectivity index (χ1n) is 6.65. The fourth-order valence-corrected chi connectivity index (χ4v) is 3.49. The molecule has 0 aliphatic rings. The molecule has 0 spiro atoms. The molecule has 1 heterocycles. The van der Waals surface area contributed by atoms with E-state index >= 15 is 0 Å². The third-order valence-corrected chi connectivity index (χ3v) is 4.88. The van der Waals surface area contributed by atoms with E-state index in [4.69, 9.17) is 0 Å². The summed E-state index contributed by atoms with van der Waals surface area (Å²) in [7, 11) is -1.72. The molecule has 3 N–H and O–H groups in total. The Morgan fingerprint density at radius 1 is 1.24 bits per heavy atom. The largest absolute Gasteiger partial charge is 0.347 e. The van der Waals surface area contributed by atoms with Gasteiger partial charge in [0.1, 0.15) is 0 Å². The van der Waals surface area contributed by atoms with Crippen LogP contribution in [0.5, 0.6) is 0 Å². The molecule has 21 heavy (non-hydrogen) atoms. The van der Waals surface area contributed by atoms with Crippen molar-refractivity contribution in [2.75, 3.05) is 7.05 Å². The smallest absolute Gasteiger partial charge is 0.241 e. The monoisotopic (exact) mass is 308 g/mol.